The Morgan fingerprint density at radius 3 is 1.82 bits per heavy atom. The van der Waals surface area contributed by atoms with Crippen molar-refractivity contribution < 1.29 is 19.1 Å². The molecule has 22 heavy (non-hydrogen) atoms. The van der Waals surface area contributed by atoms with Crippen LogP contribution in [0.25, 0.3) is 0 Å². The first kappa shape index (κ1) is 18.2. The third kappa shape index (κ3) is 5.51. The zero-order chi connectivity index (χ0) is 16.9. The predicted octanol–water partition coefficient (Wildman–Crippen LogP) is 4.01. The molecule has 1 aromatic rings. The third-order valence-electron chi connectivity index (χ3n) is 3.02. The maximum absolute atomic E-state index is 11.9. The van der Waals surface area contributed by atoms with Crippen molar-refractivity contribution in [3.05, 3.63) is 23.8 Å². The van der Waals surface area contributed by atoms with Gasteiger partial charge in [-0.1, -0.05) is 47.6 Å². The number of ether oxygens (including phenoxy) is 2. The van der Waals surface area contributed by atoms with Crippen LogP contribution in [0.2, 0.25) is 0 Å². The van der Waals surface area contributed by atoms with Crippen molar-refractivity contribution >= 4 is 11.9 Å². The summed E-state index contributed by atoms with van der Waals surface area (Å²) in [4.78, 5) is 23.6. The van der Waals surface area contributed by atoms with Gasteiger partial charge in [0.1, 0.15) is 0 Å². The van der Waals surface area contributed by atoms with E-state index in [4.69, 9.17) is 9.47 Å². The Morgan fingerprint density at radius 2 is 1.36 bits per heavy atom. The largest absolute Gasteiger partial charge is 0.422 e. The van der Waals surface area contributed by atoms with Gasteiger partial charge in [-0.2, -0.15) is 0 Å². The van der Waals surface area contributed by atoms with E-state index in [0.29, 0.717) is 17.4 Å². The van der Waals surface area contributed by atoms with Crippen molar-refractivity contribution in [3.8, 4) is 11.5 Å². The number of hydrogen-bond donors (Lipinski definition) is 0. The van der Waals surface area contributed by atoms with E-state index in [1.807, 2.05) is 6.07 Å². The summed E-state index contributed by atoms with van der Waals surface area (Å²) in [6.07, 6.45) is 0.866. The normalized spacial score (nSPS) is 11.1. The van der Waals surface area contributed by atoms with E-state index in [-0.39, 0.29) is 23.8 Å². The molecule has 0 amide bonds. The van der Waals surface area contributed by atoms with E-state index < -0.39 is 0 Å². The van der Waals surface area contributed by atoms with Crippen molar-refractivity contribution in [2.45, 2.75) is 48.0 Å². The summed E-state index contributed by atoms with van der Waals surface area (Å²) in [5.74, 6) is -0.0998. The van der Waals surface area contributed by atoms with Crippen molar-refractivity contribution in [1.82, 2.24) is 0 Å². The quantitative estimate of drug-likeness (QED) is 0.588. The molecule has 0 N–H and O–H groups in total. The Hall–Kier alpha value is -1.84. The fraction of sp³-hybridized carbons (Fsp3) is 0.556. The highest BCUT2D eigenvalue weighted by atomic mass is 16.6. The summed E-state index contributed by atoms with van der Waals surface area (Å²) in [6.45, 7) is 11.3. The monoisotopic (exact) mass is 306 g/mol. The van der Waals surface area contributed by atoms with E-state index in [1.165, 1.54) is 0 Å². The summed E-state index contributed by atoms with van der Waals surface area (Å²) >= 11 is 0. The maximum atomic E-state index is 11.9. The fourth-order valence-corrected chi connectivity index (χ4v) is 1.77. The molecule has 1 aromatic carbocycles. The molecule has 0 fully saturated rings. The molecule has 0 saturated heterocycles. The fourth-order valence-electron chi connectivity index (χ4n) is 1.77. The van der Waals surface area contributed by atoms with Gasteiger partial charge in [0.05, 0.1) is 11.8 Å². The molecule has 0 aliphatic carbocycles. The van der Waals surface area contributed by atoms with Crippen LogP contribution in [-0.4, -0.2) is 11.9 Å². The number of esters is 2. The number of rotatable bonds is 6. The number of carbonyl (C=O) groups is 2. The lowest BCUT2D eigenvalue weighted by atomic mass is 10.0. The van der Waals surface area contributed by atoms with E-state index in [2.05, 4.69) is 13.8 Å². The molecular weight excluding hydrogens is 280 g/mol. The van der Waals surface area contributed by atoms with Gasteiger partial charge >= 0.3 is 11.9 Å². The number of benzene rings is 1. The number of hydrogen-bond acceptors (Lipinski definition) is 4. The van der Waals surface area contributed by atoms with Crippen molar-refractivity contribution in [3.63, 3.8) is 0 Å². The van der Waals surface area contributed by atoms with Crippen LogP contribution in [0.3, 0.4) is 0 Å². The van der Waals surface area contributed by atoms with E-state index in [9.17, 15) is 9.59 Å². The molecule has 0 saturated carbocycles. The van der Waals surface area contributed by atoms with Gasteiger partial charge in [-0.3, -0.25) is 9.59 Å². The van der Waals surface area contributed by atoms with Crippen LogP contribution in [0, 0.1) is 17.8 Å². The Kier molecular flexibility index (Phi) is 6.60. The van der Waals surface area contributed by atoms with Crippen LogP contribution in [0.1, 0.15) is 47.1 Å². The van der Waals surface area contributed by atoms with Crippen molar-refractivity contribution in [1.29, 1.82) is 0 Å². The Bertz CT molecular complexity index is 530. The molecule has 4 heteroatoms. The topological polar surface area (TPSA) is 52.6 Å². The molecule has 0 bridgehead atoms. The lowest BCUT2D eigenvalue weighted by molar-refractivity contribution is -0.140. The van der Waals surface area contributed by atoms with Crippen LogP contribution in [0.4, 0.5) is 0 Å². The molecule has 0 spiro atoms. The zero-order valence-corrected chi connectivity index (χ0v) is 14.3. The molecule has 0 heterocycles. The molecule has 0 radical (unpaired) electrons. The standard InChI is InChI=1S/C18H26O4/c1-11(2)9-14-7-8-15(21-17(19)12(3)4)16(10-14)22-18(20)13(5)6/h7-8,10-13H,9H2,1-6H3. The molecule has 0 aliphatic heterocycles. The van der Waals surface area contributed by atoms with E-state index in [1.54, 1.807) is 39.8 Å². The van der Waals surface area contributed by atoms with Gasteiger partial charge in [0.25, 0.3) is 0 Å². The highest BCUT2D eigenvalue weighted by Crippen LogP contribution is 2.30. The highest BCUT2D eigenvalue weighted by molar-refractivity contribution is 5.78. The zero-order valence-electron chi connectivity index (χ0n) is 14.3. The Balaban J connectivity index is 3.07. The van der Waals surface area contributed by atoms with Crippen LogP contribution in [0.5, 0.6) is 11.5 Å². The first-order chi connectivity index (χ1) is 10.2. The second-order valence-electron chi connectivity index (χ2n) is 6.53. The molecule has 0 aliphatic rings. The van der Waals surface area contributed by atoms with Crippen molar-refractivity contribution in [2.75, 3.05) is 0 Å². The summed E-state index contributed by atoms with van der Waals surface area (Å²) in [5, 5.41) is 0. The lowest BCUT2D eigenvalue weighted by Gasteiger charge is -2.15. The molecule has 1 rings (SSSR count). The van der Waals surface area contributed by atoms with Gasteiger partial charge in [0, 0.05) is 0 Å². The molecular formula is C18H26O4. The van der Waals surface area contributed by atoms with Gasteiger partial charge < -0.3 is 9.47 Å². The van der Waals surface area contributed by atoms with Gasteiger partial charge in [-0.25, -0.2) is 0 Å². The first-order valence-electron chi connectivity index (χ1n) is 7.77. The minimum atomic E-state index is -0.349. The van der Waals surface area contributed by atoms with Gasteiger partial charge in [-0.05, 0) is 30.0 Å². The van der Waals surface area contributed by atoms with Crippen LogP contribution in [-0.2, 0) is 16.0 Å². The molecule has 0 unspecified atom stereocenters. The summed E-state index contributed by atoms with van der Waals surface area (Å²) < 4.78 is 10.7. The van der Waals surface area contributed by atoms with Crippen LogP contribution < -0.4 is 9.47 Å². The maximum Gasteiger partial charge on any atom is 0.313 e. The molecule has 122 valence electrons. The second kappa shape index (κ2) is 7.97. The Morgan fingerprint density at radius 1 is 0.864 bits per heavy atom. The number of carbonyl (C=O) groups excluding carboxylic acids is 2. The second-order valence-corrected chi connectivity index (χ2v) is 6.53. The van der Waals surface area contributed by atoms with Gasteiger partial charge in [0.15, 0.2) is 11.5 Å². The van der Waals surface area contributed by atoms with Crippen LogP contribution in [0.15, 0.2) is 18.2 Å². The van der Waals surface area contributed by atoms with Crippen LogP contribution >= 0.6 is 0 Å². The highest BCUT2D eigenvalue weighted by Gasteiger charge is 2.18. The summed E-state index contributed by atoms with van der Waals surface area (Å²) in [7, 11) is 0. The summed E-state index contributed by atoms with van der Waals surface area (Å²) in [5.41, 5.74) is 1.05. The molecule has 0 aromatic heterocycles. The average molecular weight is 306 g/mol. The van der Waals surface area contributed by atoms with Crippen molar-refractivity contribution in [2.24, 2.45) is 17.8 Å². The minimum Gasteiger partial charge on any atom is -0.422 e. The SMILES string of the molecule is CC(C)Cc1ccc(OC(=O)C(C)C)c(OC(=O)C(C)C)c1. The van der Waals surface area contributed by atoms with Gasteiger partial charge in [-0.15, -0.1) is 0 Å². The lowest BCUT2D eigenvalue weighted by Crippen LogP contribution is -2.18. The smallest absolute Gasteiger partial charge is 0.313 e. The minimum absolute atomic E-state index is 0.246. The first-order valence-corrected chi connectivity index (χ1v) is 7.77. The third-order valence-corrected chi connectivity index (χ3v) is 3.02. The molecule has 0 atom stereocenters. The average Bonchev–Trinajstić information content (AvgIpc) is 2.40. The predicted molar refractivity (Wildman–Crippen MR) is 85.9 cm³/mol. The van der Waals surface area contributed by atoms with Gasteiger partial charge in [0.2, 0.25) is 0 Å². The summed E-state index contributed by atoms with van der Waals surface area (Å²) in [6, 6.07) is 5.37. The Labute approximate surface area is 132 Å². The van der Waals surface area contributed by atoms with E-state index in [0.717, 1.165) is 12.0 Å². The molecule has 4 nitrogen and oxygen atoms in total. The van der Waals surface area contributed by atoms with E-state index >= 15 is 0 Å².